The van der Waals surface area contributed by atoms with E-state index < -0.39 is 23.6 Å². The lowest BCUT2D eigenvalue weighted by Crippen LogP contribution is -2.29. The molecule has 0 fully saturated rings. The second-order valence-corrected chi connectivity index (χ2v) is 14.3. The molecule has 0 aromatic heterocycles. The molecule has 10 nitrogen and oxygen atoms in total. The number of hydrogen-bond acceptors (Lipinski definition) is 8. The van der Waals surface area contributed by atoms with Crippen molar-refractivity contribution in [2.24, 2.45) is 0 Å². The first-order valence-electron chi connectivity index (χ1n) is 19.5. The number of hydrogen-bond donors (Lipinski definition) is 0. The second kappa shape index (κ2) is 16.5. The van der Waals surface area contributed by atoms with Crippen LogP contribution < -0.4 is 19.3 Å². The predicted octanol–water partition coefficient (Wildman–Crippen LogP) is 10.7. The van der Waals surface area contributed by atoms with E-state index in [4.69, 9.17) is 9.47 Å². The van der Waals surface area contributed by atoms with Gasteiger partial charge in [0, 0.05) is 11.1 Å². The minimum Gasteiger partial charge on any atom is -0.457 e. The number of carbonyl (C=O) groups excluding carboxylic acids is 6. The van der Waals surface area contributed by atoms with Gasteiger partial charge in [-0.25, -0.2) is 9.80 Å². The van der Waals surface area contributed by atoms with Gasteiger partial charge in [0.2, 0.25) is 0 Å². The van der Waals surface area contributed by atoms with Gasteiger partial charge >= 0.3 is 0 Å². The smallest absolute Gasteiger partial charge is 0.266 e. The van der Waals surface area contributed by atoms with E-state index in [1.165, 1.54) is 24.3 Å². The molecule has 4 amide bonds. The predicted molar refractivity (Wildman–Crippen MR) is 234 cm³/mol. The van der Waals surface area contributed by atoms with E-state index in [1.807, 2.05) is 12.1 Å². The number of ketones is 2. The second-order valence-electron chi connectivity index (χ2n) is 14.3. The highest BCUT2D eigenvalue weighted by molar-refractivity contribution is 6.35. The molecule has 0 bridgehead atoms. The van der Waals surface area contributed by atoms with Crippen molar-refractivity contribution in [3.8, 4) is 23.0 Å². The highest BCUT2D eigenvalue weighted by atomic mass is 16.5. The third-order valence-electron chi connectivity index (χ3n) is 10.2. The Balaban J connectivity index is 0.843. The zero-order valence-electron chi connectivity index (χ0n) is 32.6. The first-order chi connectivity index (χ1) is 30.2. The molecule has 0 N–H and O–H groups in total. The third kappa shape index (κ3) is 7.74. The van der Waals surface area contributed by atoms with Crippen molar-refractivity contribution in [1.29, 1.82) is 0 Å². The lowest BCUT2D eigenvalue weighted by atomic mass is 10.1. The molecule has 0 saturated carbocycles. The van der Waals surface area contributed by atoms with Crippen molar-refractivity contribution < 1.29 is 38.2 Å². The maximum absolute atomic E-state index is 13.6. The van der Waals surface area contributed by atoms with Crippen molar-refractivity contribution in [3.05, 3.63) is 227 Å². The summed E-state index contributed by atoms with van der Waals surface area (Å²) in [5.74, 6) is -0.745. The summed E-state index contributed by atoms with van der Waals surface area (Å²) in [6, 6.07) is 47.4. The average Bonchev–Trinajstić information content (AvgIpc) is 3.71. The van der Waals surface area contributed by atoms with Crippen LogP contribution in [0.4, 0.5) is 11.4 Å². The van der Waals surface area contributed by atoms with Gasteiger partial charge in [-0.1, -0.05) is 97.1 Å². The molecule has 2 heterocycles. The number of ether oxygens (including phenoxy) is 2. The van der Waals surface area contributed by atoms with Crippen molar-refractivity contribution in [3.63, 3.8) is 0 Å². The van der Waals surface area contributed by atoms with Gasteiger partial charge < -0.3 is 9.47 Å². The molecule has 0 unspecified atom stereocenters. The Labute approximate surface area is 355 Å². The fourth-order valence-electron chi connectivity index (χ4n) is 7.16. The summed E-state index contributed by atoms with van der Waals surface area (Å²) >= 11 is 0. The summed E-state index contributed by atoms with van der Waals surface area (Å²) in [5.41, 5.74) is 3.98. The lowest BCUT2D eigenvalue weighted by Gasteiger charge is -2.14. The minimum absolute atomic E-state index is 0.168. The molecule has 298 valence electrons. The number of anilines is 2. The molecule has 0 spiro atoms. The minimum atomic E-state index is -0.503. The van der Waals surface area contributed by atoms with Crippen LogP contribution in [0.2, 0.25) is 0 Å². The number of allylic oxidation sites excluding steroid dienone is 2. The fourth-order valence-corrected chi connectivity index (χ4v) is 7.16. The quantitative estimate of drug-likeness (QED) is 0.0678. The maximum atomic E-state index is 13.6. The molecule has 2 aliphatic heterocycles. The molecule has 10 heteroatoms. The molecule has 7 aromatic rings. The van der Waals surface area contributed by atoms with E-state index in [0.717, 1.165) is 9.80 Å². The largest absolute Gasteiger partial charge is 0.457 e. The Morgan fingerprint density at radius 1 is 0.371 bits per heavy atom. The van der Waals surface area contributed by atoms with Crippen LogP contribution in [0.1, 0.15) is 73.3 Å². The van der Waals surface area contributed by atoms with Crippen LogP contribution in [-0.2, 0) is 0 Å². The van der Waals surface area contributed by atoms with Gasteiger partial charge in [0.05, 0.1) is 33.6 Å². The average molecular weight is 813 g/mol. The topological polar surface area (TPSA) is 127 Å². The van der Waals surface area contributed by atoms with Gasteiger partial charge in [0.1, 0.15) is 23.0 Å². The SMILES string of the molecule is O=C(/C=C/c1cccc(N2C(=O)c3ccc(Oc4ccc(Oc5ccc6c(c5)C(=O)N(c5cccc(/C=C/C(=O)c7ccccc7)c5)C6=O)cc4)cc3C2=O)c1)c1ccccc1. The molecule has 0 atom stereocenters. The number of rotatable bonds is 12. The van der Waals surface area contributed by atoms with Crippen LogP contribution in [0.5, 0.6) is 23.0 Å². The van der Waals surface area contributed by atoms with Crippen LogP contribution >= 0.6 is 0 Å². The molecule has 7 aromatic carbocycles. The molecule has 0 aliphatic carbocycles. The van der Waals surface area contributed by atoms with Gasteiger partial charge in [0.25, 0.3) is 23.6 Å². The van der Waals surface area contributed by atoms with Gasteiger partial charge in [-0.2, -0.15) is 0 Å². The van der Waals surface area contributed by atoms with Gasteiger partial charge in [-0.05, 0) is 108 Å². The zero-order valence-corrected chi connectivity index (χ0v) is 32.6. The van der Waals surface area contributed by atoms with E-state index in [1.54, 1.807) is 158 Å². The van der Waals surface area contributed by atoms with E-state index in [2.05, 4.69) is 0 Å². The Hall–Kier alpha value is -8.76. The maximum Gasteiger partial charge on any atom is 0.266 e. The number of carbonyl (C=O) groups is 6. The Kier molecular flexibility index (Phi) is 10.3. The lowest BCUT2D eigenvalue weighted by molar-refractivity contribution is 0.0910. The molecule has 2 aliphatic rings. The number of fused-ring (bicyclic) bond motifs is 2. The first-order valence-corrected chi connectivity index (χ1v) is 19.5. The normalized spacial score (nSPS) is 13.2. The highest BCUT2D eigenvalue weighted by Gasteiger charge is 2.38. The zero-order chi connectivity index (χ0) is 42.7. The van der Waals surface area contributed by atoms with Crippen LogP contribution in [0, 0.1) is 0 Å². The number of benzene rings is 7. The molecule has 9 rings (SSSR count). The summed E-state index contributed by atoms with van der Waals surface area (Å²) < 4.78 is 12.1. The molecular formula is C52H32N2O8. The Morgan fingerprint density at radius 2 is 0.742 bits per heavy atom. The van der Waals surface area contributed by atoms with Crippen molar-refractivity contribution in [1.82, 2.24) is 0 Å². The molecular weight excluding hydrogens is 781 g/mol. The Bertz CT molecular complexity index is 2820. The monoisotopic (exact) mass is 812 g/mol. The highest BCUT2D eigenvalue weighted by Crippen LogP contribution is 2.36. The molecule has 62 heavy (non-hydrogen) atoms. The van der Waals surface area contributed by atoms with Gasteiger partial charge in [-0.3, -0.25) is 28.8 Å². The van der Waals surface area contributed by atoms with Crippen molar-refractivity contribution >= 4 is 58.7 Å². The van der Waals surface area contributed by atoms with Crippen LogP contribution in [0.3, 0.4) is 0 Å². The number of nitrogens with zero attached hydrogens (tertiary/aromatic N) is 2. The van der Waals surface area contributed by atoms with Gasteiger partial charge in [-0.15, -0.1) is 0 Å². The Morgan fingerprint density at radius 3 is 1.15 bits per heavy atom. The van der Waals surface area contributed by atoms with E-state index in [9.17, 15) is 28.8 Å². The van der Waals surface area contributed by atoms with E-state index in [0.29, 0.717) is 56.6 Å². The molecule has 0 saturated heterocycles. The first kappa shape index (κ1) is 38.7. The van der Waals surface area contributed by atoms with Crippen LogP contribution in [0.15, 0.2) is 182 Å². The van der Waals surface area contributed by atoms with Crippen molar-refractivity contribution in [2.45, 2.75) is 0 Å². The van der Waals surface area contributed by atoms with E-state index >= 15 is 0 Å². The summed E-state index contributed by atoms with van der Waals surface area (Å²) in [6.45, 7) is 0. The van der Waals surface area contributed by atoms with Crippen LogP contribution in [0.25, 0.3) is 12.2 Å². The van der Waals surface area contributed by atoms with Gasteiger partial charge in [0.15, 0.2) is 11.6 Å². The van der Waals surface area contributed by atoms with Crippen molar-refractivity contribution in [2.75, 3.05) is 9.80 Å². The summed E-state index contributed by atoms with van der Waals surface area (Å²) in [4.78, 5) is 81.4. The third-order valence-corrected chi connectivity index (χ3v) is 10.2. The van der Waals surface area contributed by atoms with Crippen LogP contribution in [-0.4, -0.2) is 35.2 Å². The molecule has 0 radical (unpaired) electrons. The standard InChI is InChI=1S/C52H32N2O8/c55-47(35-11-3-1-4-12-35)27-17-33-9-7-15-37(29-33)53-49(57)43-25-23-41(31-45(43)51(53)59)61-39-19-21-40(22-20-39)62-42-24-26-44-46(32-42)52(60)54(50(44)58)38-16-8-10-34(30-38)18-28-48(56)36-13-5-2-6-14-36/h1-32H/b27-17+,28-18+. The number of amides is 4. The summed E-state index contributed by atoms with van der Waals surface area (Å²) in [7, 11) is 0. The summed E-state index contributed by atoms with van der Waals surface area (Å²) in [6.07, 6.45) is 6.18. The summed E-state index contributed by atoms with van der Waals surface area (Å²) in [5, 5.41) is 0. The van der Waals surface area contributed by atoms with E-state index in [-0.39, 0.29) is 33.8 Å². The number of imide groups is 2. The fraction of sp³-hybridized carbons (Fsp3) is 0.